The van der Waals surface area contributed by atoms with Crippen LogP contribution in [-0.4, -0.2) is 9.97 Å². The van der Waals surface area contributed by atoms with E-state index in [0.29, 0.717) is 22.1 Å². The maximum atomic E-state index is 8.99. The molecule has 0 unspecified atom stereocenters. The Hall–Kier alpha value is -2.36. The molecule has 7 heteroatoms. The standard InChI is InChI=1S/C11H9ClN6/c12-8-2-1-7(6-13)9(5-8)16-10-3-4-15-11(17-10)18-14/h1-5H,14H2,(H2,15,16,17,18). The van der Waals surface area contributed by atoms with Crippen LogP contribution >= 0.6 is 11.6 Å². The molecule has 0 spiro atoms. The highest BCUT2D eigenvalue weighted by atomic mass is 35.5. The van der Waals surface area contributed by atoms with E-state index in [0.717, 1.165) is 0 Å². The van der Waals surface area contributed by atoms with Crippen LogP contribution in [0.3, 0.4) is 0 Å². The summed E-state index contributed by atoms with van der Waals surface area (Å²) in [5.74, 6) is 6.01. The number of nitrogens with two attached hydrogens (primary N) is 1. The molecule has 4 N–H and O–H groups in total. The highest BCUT2D eigenvalue weighted by Gasteiger charge is 2.05. The van der Waals surface area contributed by atoms with Gasteiger partial charge < -0.3 is 5.32 Å². The van der Waals surface area contributed by atoms with Gasteiger partial charge in [0.15, 0.2) is 0 Å². The zero-order valence-electron chi connectivity index (χ0n) is 9.18. The van der Waals surface area contributed by atoms with Gasteiger partial charge in [-0.3, -0.25) is 5.43 Å². The molecule has 0 saturated heterocycles. The van der Waals surface area contributed by atoms with Gasteiger partial charge in [-0.15, -0.1) is 0 Å². The van der Waals surface area contributed by atoms with Gasteiger partial charge >= 0.3 is 0 Å². The van der Waals surface area contributed by atoms with Crippen molar-refractivity contribution < 1.29 is 0 Å². The molecule has 1 aromatic carbocycles. The van der Waals surface area contributed by atoms with Crippen LogP contribution in [0.5, 0.6) is 0 Å². The number of nitrogen functional groups attached to an aromatic ring is 1. The maximum Gasteiger partial charge on any atom is 0.239 e. The molecule has 0 saturated carbocycles. The monoisotopic (exact) mass is 260 g/mol. The van der Waals surface area contributed by atoms with Crippen LogP contribution in [0, 0.1) is 11.3 Å². The van der Waals surface area contributed by atoms with E-state index >= 15 is 0 Å². The molecule has 0 aliphatic carbocycles. The first-order valence-electron chi connectivity index (χ1n) is 4.99. The number of hydrazine groups is 1. The minimum atomic E-state index is 0.278. The Morgan fingerprint density at radius 2 is 2.17 bits per heavy atom. The Kier molecular flexibility index (Phi) is 3.57. The SMILES string of the molecule is N#Cc1ccc(Cl)cc1Nc1ccnc(NN)n1. The quantitative estimate of drug-likeness (QED) is 0.577. The van der Waals surface area contributed by atoms with Gasteiger partial charge in [-0.1, -0.05) is 11.6 Å². The number of aromatic nitrogens is 2. The van der Waals surface area contributed by atoms with E-state index in [1.807, 2.05) is 0 Å². The van der Waals surface area contributed by atoms with Crippen molar-refractivity contribution in [3.63, 3.8) is 0 Å². The van der Waals surface area contributed by atoms with E-state index in [9.17, 15) is 0 Å². The Bertz CT molecular complexity index is 607. The minimum Gasteiger partial charge on any atom is -0.339 e. The maximum absolute atomic E-state index is 8.99. The predicted molar refractivity (Wildman–Crippen MR) is 69.3 cm³/mol. The second kappa shape index (κ2) is 5.31. The van der Waals surface area contributed by atoms with Crippen LogP contribution in [-0.2, 0) is 0 Å². The fourth-order valence-electron chi connectivity index (χ4n) is 1.35. The third-order valence-electron chi connectivity index (χ3n) is 2.15. The molecule has 0 bridgehead atoms. The predicted octanol–water partition coefficient (Wildman–Crippen LogP) is 2.03. The number of nitriles is 1. The van der Waals surface area contributed by atoms with E-state index in [4.69, 9.17) is 22.7 Å². The lowest BCUT2D eigenvalue weighted by Gasteiger charge is -2.08. The molecule has 0 aliphatic rings. The highest BCUT2D eigenvalue weighted by molar-refractivity contribution is 6.30. The van der Waals surface area contributed by atoms with Crippen molar-refractivity contribution in [2.24, 2.45) is 5.84 Å². The van der Waals surface area contributed by atoms with Crippen molar-refractivity contribution >= 4 is 29.1 Å². The average molecular weight is 261 g/mol. The van der Waals surface area contributed by atoms with Gasteiger partial charge in [-0.25, -0.2) is 10.8 Å². The Labute approximate surface area is 108 Å². The van der Waals surface area contributed by atoms with Gasteiger partial charge in [0, 0.05) is 11.2 Å². The van der Waals surface area contributed by atoms with E-state index < -0.39 is 0 Å². The van der Waals surface area contributed by atoms with Crippen LogP contribution in [0.15, 0.2) is 30.5 Å². The summed E-state index contributed by atoms with van der Waals surface area (Å²) in [6, 6.07) is 8.66. The summed E-state index contributed by atoms with van der Waals surface area (Å²) in [6.45, 7) is 0. The van der Waals surface area contributed by atoms with Gasteiger partial charge in [0.05, 0.1) is 11.3 Å². The van der Waals surface area contributed by atoms with Gasteiger partial charge in [0.1, 0.15) is 11.9 Å². The van der Waals surface area contributed by atoms with Crippen molar-refractivity contribution in [1.29, 1.82) is 5.26 Å². The van der Waals surface area contributed by atoms with E-state index in [2.05, 4.69) is 26.8 Å². The first-order valence-corrected chi connectivity index (χ1v) is 5.37. The van der Waals surface area contributed by atoms with Crippen LogP contribution in [0.2, 0.25) is 5.02 Å². The molecule has 2 rings (SSSR count). The summed E-state index contributed by atoms with van der Waals surface area (Å²) < 4.78 is 0. The largest absolute Gasteiger partial charge is 0.339 e. The molecular weight excluding hydrogens is 252 g/mol. The fourth-order valence-corrected chi connectivity index (χ4v) is 1.53. The topological polar surface area (TPSA) is 99.7 Å². The van der Waals surface area contributed by atoms with Crippen molar-refractivity contribution in [3.05, 3.63) is 41.0 Å². The third kappa shape index (κ3) is 2.66. The third-order valence-corrected chi connectivity index (χ3v) is 2.38. The van der Waals surface area contributed by atoms with Gasteiger partial charge in [0.2, 0.25) is 5.95 Å². The average Bonchev–Trinajstić information content (AvgIpc) is 2.39. The summed E-state index contributed by atoms with van der Waals surface area (Å²) in [6.07, 6.45) is 1.54. The molecule has 90 valence electrons. The lowest BCUT2D eigenvalue weighted by molar-refractivity contribution is 1.12. The molecular formula is C11H9ClN6. The van der Waals surface area contributed by atoms with Crippen molar-refractivity contribution in [2.75, 3.05) is 10.7 Å². The van der Waals surface area contributed by atoms with Crippen LogP contribution in [0.25, 0.3) is 0 Å². The number of rotatable bonds is 3. The molecule has 18 heavy (non-hydrogen) atoms. The lowest BCUT2D eigenvalue weighted by atomic mass is 10.2. The van der Waals surface area contributed by atoms with E-state index in [1.165, 1.54) is 0 Å². The van der Waals surface area contributed by atoms with Crippen molar-refractivity contribution in [1.82, 2.24) is 9.97 Å². The number of benzene rings is 1. The fraction of sp³-hybridized carbons (Fsp3) is 0. The van der Waals surface area contributed by atoms with Gasteiger partial charge in [-0.05, 0) is 24.3 Å². The molecule has 1 aromatic heterocycles. The number of hydrogen-bond donors (Lipinski definition) is 3. The van der Waals surface area contributed by atoms with Crippen molar-refractivity contribution in [3.8, 4) is 6.07 Å². The first kappa shape index (κ1) is 12.1. The van der Waals surface area contributed by atoms with Crippen LogP contribution < -0.4 is 16.6 Å². The van der Waals surface area contributed by atoms with Crippen molar-refractivity contribution in [2.45, 2.75) is 0 Å². The van der Waals surface area contributed by atoms with E-state index in [1.54, 1.807) is 30.5 Å². The Morgan fingerprint density at radius 3 is 2.89 bits per heavy atom. The second-order valence-electron chi connectivity index (χ2n) is 3.34. The normalized spacial score (nSPS) is 9.61. The number of nitrogens with one attached hydrogen (secondary N) is 2. The van der Waals surface area contributed by atoms with Gasteiger partial charge in [-0.2, -0.15) is 10.2 Å². The molecule has 0 atom stereocenters. The highest BCUT2D eigenvalue weighted by Crippen LogP contribution is 2.23. The molecule has 6 nitrogen and oxygen atoms in total. The van der Waals surface area contributed by atoms with E-state index in [-0.39, 0.29) is 5.95 Å². The summed E-state index contributed by atoms with van der Waals surface area (Å²) in [7, 11) is 0. The molecule has 0 amide bonds. The first-order chi connectivity index (χ1) is 8.72. The zero-order chi connectivity index (χ0) is 13.0. The molecule has 2 aromatic rings. The van der Waals surface area contributed by atoms with Gasteiger partial charge in [0.25, 0.3) is 0 Å². The molecule has 0 radical (unpaired) electrons. The number of hydrogen-bond acceptors (Lipinski definition) is 6. The number of anilines is 3. The molecule has 0 fully saturated rings. The summed E-state index contributed by atoms with van der Waals surface area (Å²) in [5, 5.41) is 12.5. The number of nitrogens with zero attached hydrogens (tertiary/aromatic N) is 3. The molecule has 1 heterocycles. The Morgan fingerprint density at radius 1 is 1.33 bits per heavy atom. The summed E-state index contributed by atoms with van der Waals surface area (Å²) in [4.78, 5) is 7.96. The zero-order valence-corrected chi connectivity index (χ0v) is 9.94. The molecule has 0 aliphatic heterocycles. The summed E-state index contributed by atoms with van der Waals surface area (Å²) >= 11 is 5.88. The smallest absolute Gasteiger partial charge is 0.239 e. The Balaban J connectivity index is 2.33. The lowest BCUT2D eigenvalue weighted by Crippen LogP contribution is -2.11. The number of halogens is 1. The summed E-state index contributed by atoms with van der Waals surface area (Å²) in [5.41, 5.74) is 3.39. The second-order valence-corrected chi connectivity index (χ2v) is 3.77. The van der Waals surface area contributed by atoms with Crippen LogP contribution in [0.1, 0.15) is 5.56 Å². The van der Waals surface area contributed by atoms with Crippen LogP contribution in [0.4, 0.5) is 17.5 Å². The minimum absolute atomic E-state index is 0.278.